The van der Waals surface area contributed by atoms with Gasteiger partial charge in [-0.3, -0.25) is 14.5 Å². The lowest BCUT2D eigenvalue weighted by molar-refractivity contribution is -0.119. The van der Waals surface area contributed by atoms with E-state index in [2.05, 4.69) is 10.6 Å². The summed E-state index contributed by atoms with van der Waals surface area (Å²) < 4.78 is 6.05. The summed E-state index contributed by atoms with van der Waals surface area (Å²) in [7, 11) is 1.53. The van der Waals surface area contributed by atoms with Crippen LogP contribution in [-0.4, -0.2) is 55.5 Å². The number of piperidine rings is 1. The van der Waals surface area contributed by atoms with Gasteiger partial charge >= 0.3 is 6.03 Å². The van der Waals surface area contributed by atoms with Crippen molar-refractivity contribution in [2.24, 2.45) is 0 Å². The second kappa shape index (κ2) is 12.6. The maximum Gasteiger partial charge on any atom is 0.324 e. The molecule has 0 unspecified atom stereocenters. The summed E-state index contributed by atoms with van der Waals surface area (Å²) >= 11 is 0. The zero-order valence-electron chi connectivity index (χ0n) is 20.9. The third-order valence-corrected chi connectivity index (χ3v) is 6.29. The number of para-hydroxylation sites is 1. The molecule has 0 saturated carbocycles. The number of ether oxygens (including phenoxy) is 1. The monoisotopic (exact) mass is 500 g/mol. The summed E-state index contributed by atoms with van der Waals surface area (Å²) in [6.45, 7) is 1.27. The first-order valence-corrected chi connectivity index (χ1v) is 12.4. The van der Waals surface area contributed by atoms with E-state index < -0.39 is 0 Å². The topological polar surface area (TPSA) is 91.0 Å². The molecule has 1 aliphatic rings. The number of benzene rings is 3. The number of likely N-dealkylation sites (N-methyl/N-ethyl adjacent to an activating group) is 1. The van der Waals surface area contributed by atoms with Crippen LogP contribution >= 0.6 is 0 Å². The quantitative estimate of drug-likeness (QED) is 0.492. The van der Waals surface area contributed by atoms with Crippen LogP contribution in [0.2, 0.25) is 0 Å². The Hall–Kier alpha value is -4.33. The van der Waals surface area contributed by atoms with Gasteiger partial charge in [0.05, 0.1) is 0 Å². The predicted octanol–water partition coefficient (Wildman–Crippen LogP) is 3.83. The summed E-state index contributed by atoms with van der Waals surface area (Å²) in [6, 6.07) is 25.8. The molecule has 0 aromatic heterocycles. The Labute approximate surface area is 217 Å². The molecule has 0 bridgehead atoms. The maximum atomic E-state index is 13.5. The number of nitrogens with zero attached hydrogens (tertiary/aromatic N) is 2. The summed E-state index contributed by atoms with van der Waals surface area (Å²) in [6.07, 6.45) is 1.41. The predicted molar refractivity (Wildman–Crippen MR) is 143 cm³/mol. The van der Waals surface area contributed by atoms with Crippen LogP contribution in [0.4, 0.5) is 10.5 Å². The Morgan fingerprint density at radius 3 is 2.27 bits per heavy atom. The Bertz CT molecular complexity index is 1190. The smallest absolute Gasteiger partial charge is 0.324 e. The fourth-order valence-corrected chi connectivity index (χ4v) is 4.21. The SMILES string of the molecule is CNC(=O)CN(C(=O)N1CCC(Oc2ccccc2)CC1)c1cccc(C(=O)NCc2ccccc2)c1. The third kappa shape index (κ3) is 7.10. The lowest BCUT2D eigenvalue weighted by Gasteiger charge is -2.35. The number of hydrogen-bond donors (Lipinski definition) is 2. The minimum Gasteiger partial charge on any atom is -0.490 e. The lowest BCUT2D eigenvalue weighted by Crippen LogP contribution is -2.50. The Morgan fingerprint density at radius 2 is 1.59 bits per heavy atom. The molecule has 0 spiro atoms. The van der Waals surface area contributed by atoms with Crippen molar-refractivity contribution >= 4 is 23.5 Å². The zero-order valence-corrected chi connectivity index (χ0v) is 20.9. The number of likely N-dealkylation sites (tertiary alicyclic amines) is 1. The minimum atomic E-state index is -0.297. The standard InChI is InChI=1S/C29H32N4O4/c1-30-27(34)21-33(29(36)32-17-15-26(16-18-32)37-25-13-6-3-7-14-25)24-12-8-11-23(19-24)28(35)31-20-22-9-4-2-5-10-22/h2-14,19,26H,15-18,20-21H2,1H3,(H,30,34)(H,31,35). The molecule has 1 aliphatic heterocycles. The van der Waals surface area contributed by atoms with Crippen LogP contribution in [0.3, 0.4) is 0 Å². The van der Waals surface area contributed by atoms with E-state index in [1.165, 1.54) is 11.9 Å². The van der Waals surface area contributed by atoms with E-state index >= 15 is 0 Å². The van der Waals surface area contributed by atoms with Gasteiger partial charge in [0, 0.05) is 50.8 Å². The summed E-state index contributed by atoms with van der Waals surface area (Å²) in [5, 5.41) is 5.49. The van der Waals surface area contributed by atoms with E-state index in [1.807, 2.05) is 60.7 Å². The van der Waals surface area contributed by atoms with Crippen molar-refractivity contribution in [1.29, 1.82) is 0 Å². The number of carbonyl (C=O) groups excluding carboxylic acids is 3. The number of urea groups is 1. The number of nitrogens with one attached hydrogen (secondary N) is 2. The van der Waals surface area contributed by atoms with E-state index in [9.17, 15) is 14.4 Å². The molecule has 4 rings (SSSR count). The molecule has 8 nitrogen and oxygen atoms in total. The van der Waals surface area contributed by atoms with Crippen LogP contribution in [0, 0.1) is 0 Å². The van der Waals surface area contributed by atoms with Gasteiger partial charge in [0.15, 0.2) is 0 Å². The van der Waals surface area contributed by atoms with Crippen molar-refractivity contribution in [1.82, 2.24) is 15.5 Å². The number of rotatable bonds is 8. The molecular formula is C29H32N4O4. The highest BCUT2D eigenvalue weighted by molar-refractivity contribution is 6.00. The van der Waals surface area contributed by atoms with Crippen LogP contribution in [0.25, 0.3) is 0 Å². The highest BCUT2D eigenvalue weighted by Gasteiger charge is 2.29. The van der Waals surface area contributed by atoms with Crippen molar-refractivity contribution in [2.75, 3.05) is 31.6 Å². The molecule has 1 heterocycles. The molecular weight excluding hydrogens is 468 g/mol. The fraction of sp³-hybridized carbons (Fsp3) is 0.276. The largest absolute Gasteiger partial charge is 0.490 e. The molecule has 0 aliphatic carbocycles. The van der Waals surface area contributed by atoms with Crippen LogP contribution in [0.5, 0.6) is 5.75 Å². The molecule has 192 valence electrons. The van der Waals surface area contributed by atoms with Crippen LogP contribution < -0.4 is 20.3 Å². The van der Waals surface area contributed by atoms with Gasteiger partial charge in [-0.05, 0) is 35.9 Å². The first-order chi connectivity index (χ1) is 18.0. The summed E-state index contributed by atoms with van der Waals surface area (Å²) in [4.78, 5) is 41.8. The van der Waals surface area contributed by atoms with Gasteiger partial charge in [0.25, 0.3) is 5.91 Å². The molecule has 3 aromatic carbocycles. The molecule has 4 amide bonds. The van der Waals surface area contributed by atoms with Crippen molar-refractivity contribution < 1.29 is 19.1 Å². The minimum absolute atomic E-state index is 0.0236. The molecule has 3 aromatic rings. The molecule has 37 heavy (non-hydrogen) atoms. The second-order valence-electron chi connectivity index (χ2n) is 8.88. The number of hydrogen-bond acceptors (Lipinski definition) is 4. The zero-order chi connectivity index (χ0) is 26.0. The molecule has 1 fully saturated rings. The van der Waals surface area contributed by atoms with Gasteiger partial charge in [-0.1, -0.05) is 54.6 Å². The highest BCUT2D eigenvalue weighted by Crippen LogP contribution is 2.23. The normalized spacial score (nSPS) is 13.5. The van der Waals surface area contributed by atoms with E-state index in [0.29, 0.717) is 43.7 Å². The van der Waals surface area contributed by atoms with E-state index in [-0.39, 0.29) is 30.5 Å². The highest BCUT2D eigenvalue weighted by atomic mass is 16.5. The second-order valence-corrected chi connectivity index (χ2v) is 8.88. The average molecular weight is 501 g/mol. The van der Waals surface area contributed by atoms with Crippen molar-refractivity contribution in [3.63, 3.8) is 0 Å². The molecule has 1 saturated heterocycles. The van der Waals surface area contributed by atoms with Crippen molar-refractivity contribution in [3.05, 3.63) is 96.1 Å². The first-order valence-electron chi connectivity index (χ1n) is 12.4. The van der Waals surface area contributed by atoms with Crippen LogP contribution in [-0.2, 0) is 11.3 Å². The van der Waals surface area contributed by atoms with E-state index in [4.69, 9.17) is 4.74 Å². The van der Waals surface area contributed by atoms with Crippen molar-refractivity contribution in [2.45, 2.75) is 25.5 Å². The molecule has 0 radical (unpaired) electrons. The Morgan fingerprint density at radius 1 is 0.919 bits per heavy atom. The van der Waals surface area contributed by atoms with Crippen molar-refractivity contribution in [3.8, 4) is 5.75 Å². The lowest BCUT2D eigenvalue weighted by atomic mass is 10.1. The molecule has 0 atom stereocenters. The van der Waals surface area contributed by atoms with E-state index in [1.54, 1.807) is 29.2 Å². The third-order valence-electron chi connectivity index (χ3n) is 6.29. The van der Waals surface area contributed by atoms with E-state index in [0.717, 1.165) is 11.3 Å². The number of amides is 4. The number of carbonyl (C=O) groups is 3. The fourth-order valence-electron chi connectivity index (χ4n) is 4.21. The van der Waals surface area contributed by atoms with Gasteiger partial charge in [0.2, 0.25) is 5.91 Å². The van der Waals surface area contributed by atoms with Crippen LogP contribution in [0.15, 0.2) is 84.9 Å². The van der Waals surface area contributed by atoms with Gasteiger partial charge in [-0.2, -0.15) is 0 Å². The van der Waals surface area contributed by atoms with Crippen LogP contribution in [0.1, 0.15) is 28.8 Å². The first kappa shape index (κ1) is 25.8. The maximum absolute atomic E-state index is 13.5. The van der Waals surface area contributed by atoms with Gasteiger partial charge in [-0.15, -0.1) is 0 Å². The molecule has 8 heteroatoms. The van der Waals surface area contributed by atoms with Gasteiger partial charge in [0.1, 0.15) is 18.4 Å². The number of anilines is 1. The summed E-state index contributed by atoms with van der Waals surface area (Å²) in [5.74, 6) is 0.266. The summed E-state index contributed by atoms with van der Waals surface area (Å²) in [5.41, 5.74) is 1.89. The molecule has 2 N–H and O–H groups in total. The van der Waals surface area contributed by atoms with Gasteiger partial charge < -0.3 is 20.3 Å². The Balaban J connectivity index is 1.43. The average Bonchev–Trinajstić information content (AvgIpc) is 2.95. The Kier molecular flexibility index (Phi) is 8.75. The van der Waals surface area contributed by atoms with Gasteiger partial charge in [-0.25, -0.2) is 4.79 Å².